The predicted octanol–water partition coefficient (Wildman–Crippen LogP) is 4.96. The molecule has 0 radical (unpaired) electrons. The van der Waals surface area contributed by atoms with Crippen molar-refractivity contribution in [3.63, 3.8) is 0 Å². The SMILES string of the molecule is CCOc1cc(C2/C(=C(\O)c3cc(OC)c(Cl)cc3OC)C(=O)C(=O)N2c2nc3ccccc3[nH]2)ccc1O. The molecule has 1 saturated heterocycles. The maximum atomic E-state index is 13.6. The second-order valence-corrected chi connectivity index (χ2v) is 9.00. The maximum Gasteiger partial charge on any atom is 0.302 e. The highest BCUT2D eigenvalue weighted by Crippen LogP contribution is 2.45. The first kappa shape index (κ1) is 25.9. The Morgan fingerprint density at radius 3 is 2.49 bits per heavy atom. The van der Waals surface area contributed by atoms with Crippen molar-refractivity contribution in [3.05, 3.63) is 76.3 Å². The van der Waals surface area contributed by atoms with Crippen LogP contribution in [0.4, 0.5) is 5.95 Å². The van der Waals surface area contributed by atoms with Crippen molar-refractivity contribution in [1.82, 2.24) is 9.97 Å². The second-order valence-electron chi connectivity index (χ2n) is 8.59. The van der Waals surface area contributed by atoms with E-state index in [2.05, 4.69) is 9.97 Å². The summed E-state index contributed by atoms with van der Waals surface area (Å²) >= 11 is 6.24. The number of carbonyl (C=O) groups is 2. The van der Waals surface area contributed by atoms with E-state index in [0.29, 0.717) is 16.6 Å². The van der Waals surface area contributed by atoms with Gasteiger partial charge in [0.1, 0.15) is 17.3 Å². The van der Waals surface area contributed by atoms with Gasteiger partial charge in [0.2, 0.25) is 5.95 Å². The fourth-order valence-electron chi connectivity index (χ4n) is 4.58. The highest BCUT2D eigenvalue weighted by Gasteiger charge is 2.48. The molecule has 10 nitrogen and oxygen atoms in total. The first-order chi connectivity index (χ1) is 18.8. The van der Waals surface area contributed by atoms with Crippen LogP contribution in [0.5, 0.6) is 23.0 Å². The van der Waals surface area contributed by atoms with Crippen molar-refractivity contribution in [2.24, 2.45) is 0 Å². The number of ketones is 1. The molecule has 3 N–H and O–H groups in total. The van der Waals surface area contributed by atoms with Gasteiger partial charge in [0, 0.05) is 6.07 Å². The smallest absolute Gasteiger partial charge is 0.302 e. The molecule has 1 atom stereocenters. The lowest BCUT2D eigenvalue weighted by molar-refractivity contribution is -0.132. The number of aliphatic hydroxyl groups excluding tert-OH is 1. The number of rotatable bonds is 7. The molecule has 1 aliphatic heterocycles. The fourth-order valence-corrected chi connectivity index (χ4v) is 4.81. The molecule has 4 aromatic rings. The lowest BCUT2D eigenvalue weighted by atomic mass is 9.94. The van der Waals surface area contributed by atoms with Crippen LogP contribution in [0, 0.1) is 0 Å². The second kappa shape index (κ2) is 10.2. The molecule has 1 unspecified atom stereocenters. The van der Waals surface area contributed by atoms with Crippen LogP contribution in [0.1, 0.15) is 24.1 Å². The summed E-state index contributed by atoms with van der Waals surface area (Å²) in [5, 5.41) is 22.1. The number of imidazole rings is 1. The number of anilines is 1. The van der Waals surface area contributed by atoms with Gasteiger partial charge in [-0.15, -0.1) is 0 Å². The number of para-hydroxylation sites is 2. The van der Waals surface area contributed by atoms with Crippen molar-refractivity contribution < 1.29 is 34.0 Å². The molecule has 200 valence electrons. The summed E-state index contributed by atoms with van der Waals surface area (Å²) in [6, 6.07) is 13.3. The standard InChI is InChI=1S/C28H24ClN3O7/c1-4-39-22-11-14(9-10-19(22)33)24-23(25(34)15-12-21(38-3)16(29)13-20(15)37-2)26(35)27(36)32(24)28-30-17-7-5-6-8-18(17)31-28/h5-13,24,33-34H,4H2,1-3H3,(H,30,31)/b25-23+. The van der Waals surface area contributed by atoms with E-state index < -0.39 is 23.5 Å². The Morgan fingerprint density at radius 1 is 1.05 bits per heavy atom. The van der Waals surface area contributed by atoms with Crippen LogP contribution in [0.2, 0.25) is 5.02 Å². The zero-order valence-corrected chi connectivity index (χ0v) is 21.9. The minimum absolute atomic E-state index is 0.0927. The largest absolute Gasteiger partial charge is 0.507 e. The van der Waals surface area contributed by atoms with Gasteiger partial charge in [-0.2, -0.15) is 0 Å². The van der Waals surface area contributed by atoms with Gasteiger partial charge in [0.05, 0.1) is 54.1 Å². The number of halogens is 1. The van der Waals surface area contributed by atoms with Crippen LogP contribution >= 0.6 is 11.6 Å². The Labute approximate surface area is 228 Å². The summed E-state index contributed by atoms with van der Waals surface area (Å²) in [6.45, 7) is 2.02. The molecule has 11 heteroatoms. The van der Waals surface area contributed by atoms with E-state index in [1.165, 1.54) is 49.5 Å². The number of phenolic OH excluding ortho intramolecular Hbond substituents is 1. The van der Waals surface area contributed by atoms with E-state index >= 15 is 0 Å². The average Bonchev–Trinajstić information content (AvgIpc) is 3.47. The van der Waals surface area contributed by atoms with Gasteiger partial charge in [-0.25, -0.2) is 4.98 Å². The lowest BCUT2D eigenvalue weighted by Crippen LogP contribution is -2.30. The number of benzene rings is 3. The Balaban J connectivity index is 1.78. The topological polar surface area (TPSA) is 134 Å². The quantitative estimate of drug-likeness (QED) is 0.167. The number of nitrogens with one attached hydrogen (secondary N) is 1. The summed E-state index contributed by atoms with van der Waals surface area (Å²) in [5.41, 5.74) is 1.49. The highest BCUT2D eigenvalue weighted by molar-refractivity contribution is 6.51. The molecule has 0 aliphatic carbocycles. The first-order valence-electron chi connectivity index (χ1n) is 11.9. The van der Waals surface area contributed by atoms with Gasteiger partial charge in [0.15, 0.2) is 11.5 Å². The number of carbonyl (C=O) groups excluding carboxylic acids is 2. The maximum absolute atomic E-state index is 13.6. The van der Waals surface area contributed by atoms with Crippen LogP contribution in [0.15, 0.2) is 60.2 Å². The molecule has 0 spiro atoms. The van der Waals surface area contributed by atoms with E-state index in [1.54, 1.807) is 25.1 Å². The molecule has 1 amide bonds. The number of nitrogens with zero attached hydrogens (tertiary/aromatic N) is 2. The van der Waals surface area contributed by atoms with Crippen LogP contribution in [0.3, 0.4) is 0 Å². The molecule has 0 bridgehead atoms. The molecule has 1 aliphatic rings. The third-order valence-electron chi connectivity index (χ3n) is 6.38. The van der Waals surface area contributed by atoms with E-state index in [-0.39, 0.29) is 51.7 Å². The van der Waals surface area contributed by atoms with Crippen molar-refractivity contribution in [2.45, 2.75) is 13.0 Å². The van der Waals surface area contributed by atoms with Crippen LogP contribution in [-0.4, -0.2) is 52.7 Å². The minimum atomic E-state index is -1.14. The van der Waals surface area contributed by atoms with Crippen LogP contribution in [-0.2, 0) is 9.59 Å². The van der Waals surface area contributed by atoms with Crippen molar-refractivity contribution >= 4 is 46.0 Å². The van der Waals surface area contributed by atoms with E-state index in [9.17, 15) is 19.8 Å². The number of methoxy groups -OCH3 is 2. The third kappa shape index (κ3) is 4.38. The molecule has 2 heterocycles. The van der Waals surface area contributed by atoms with Crippen LogP contribution < -0.4 is 19.1 Å². The lowest BCUT2D eigenvalue weighted by Gasteiger charge is -2.24. The average molecular weight is 550 g/mol. The molecule has 3 aromatic carbocycles. The van der Waals surface area contributed by atoms with E-state index in [0.717, 1.165) is 0 Å². The van der Waals surface area contributed by atoms with E-state index in [4.69, 9.17) is 25.8 Å². The van der Waals surface area contributed by atoms with Crippen molar-refractivity contribution in [2.75, 3.05) is 25.7 Å². The Kier molecular flexibility index (Phi) is 6.80. The normalized spacial score (nSPS) is 16.6. The van der Waals surface area contributed by atoms with Gasteiger partial charge in [-0.3, -0.25) is 14.5 Å². The fraction of sp³-hybridized carbons (Fsp3) is 0.179. The number of H-pyrrole nitrogens is 1. The molecule has 1 aromatic heterocycles. The zero-order chi connectivity index (χ0) is 27.8. The summed E-state index contributed by atoms with van der Waals surface area (Å²) in [6.07, 6.45) is 0. The summed E-state index contributed by atoms with van der Waals surface area (Å²) in [5.74, 6) is -1.84. The Bertz CT molecular complexity index is 1610. The number of aliphatic hydroxyl groups is 1. The highest BCUT2D eigenvalue weighted by atomic mass is 35.5. The van der Waals surface area contributed by atoms with Crippen molar-refractivity contribution in [3.8, 4) is 23.0 Å². The number of Topliss-reactive ketones (excluding diaryl/α,β-unsaturated/α-hetero) is 1. The number of aromatic hydroxyl groups is 1. The molecule has 39 heavy (non-hydrogen) atoms. The van der Waals surface area contributed by atoms with Gasteiger partial charge in [0.25, 0.3) is 5.78 Å². The molecular weight excluding hydrogens is 526 g/mol. The summed E-state index contributed by atoms with van der Waals surface area (Å²) in [4.78, 5) is 35.9. The number of amides is 1. The summed E-state index contributed by atoms with van der Waals surface area (Å²) < 4.78 is 16.3. The Hall–Kier alpha value is -4.70. The number of phenols is 1. The number of hydrogen-bond acceptors (Lipinski definition) is 8. The van der Waals surface area contributed by atoms with Gasteiger partial charge in [-0.1, -0.05) is 29.8 Å². The summed E-state index contributed by atoms with van der Waals surface area (Å²) in [7, 11) is 2.79. The molecule has 1 fully saturated rings. The molecule has 5 rings (SSSR count). The minimum Gasteiger partial charge on any atom is -0.507 e. The third-order valence-corrected chi connectivity index (χ3v) is 6.67. The first-order valence-corrected chi connectivity index (χ1v) is 12.3. The zero-order valence-electron chi connectivity index (χ0n) is 21.2. The van der Waals surface area contributed by atoms with Gasteiger partial charge >= 0.3 is 5.91 Å². The monoisotopic (exact) mass is 549 g/mol. The van der Waals surface area contributed by atoms with E-state index in [1.807, 2.05) is 6.07 Å². The van der Waals surface area contributed by atoms with Gasteiger partial charge < -0.3 is 29.4 Å². The Morgan fingerprint density at radius 2 is 1.79 bits per heavy atom. The molecule has 0 saturated carbocycles. The van der Waals surface area contributed by atoms with Crippen LogP contribution in [0.25, 0.3) is 16.8 Å². The predicted molar refractivity (Wildman–Crippen MR) is 145 cm³/mol. The number of aromatic amines is 1. The number of aromatic nitrogens is 2. The number of fused-ring (bicyclic) bond motifs is 1. The number of hydrogen-bond donors (Lipinski definition) is 3. The molecular formula is C28H24ClN3O7. The van der Waals surface area contributed by atoms with Gasteiger partial charge in [-0.05, 0) is 42.8 Å². The van der Waals surface area contributed by atoms with Crippen molar-refractivity contribution in [1.29, 1.82) is 0 Å². The number of ether oxygens (including phenoxy) is 3.